The lowest BCUT2D eigenvalue weighted by atomic mass is 10.0. The summed E-state index contributed by atoms with van der Waals surface area (Å²) in [6, 6.07) is 18.1. The van der Waals surface area contributed by atoms with Crippen LogP contribution in [0.5, 0.6) is 0 Å². The lowest BCUT2D eigenvalue weighted by molar-refractivity contribution is 0.0642. The number of ether oxygens (including phenoxy) is 1. The molecule has 2 rings (SSSR count). The van der Waals surface area contributed by atoms with Crippen molar-refractivity contribution >= 4 is 23.2 Å². The zero-order valence-corrected chi connectivity index (χ0v) is 12.1. The van der Waals surface area contributed by atoms with Crippen molar-refractivity contribution in [1.29, 1.82) is 0 Å². The van der Waals surface area contributed by atoms with Crippen LogP contribution < -0.4 is 0 Å². The molecule has 0 N–H and O–H groups in total. The fourth-order valence-corrected chi connectivity index (χ4v) is 2.18. The van der Waals surface area contributed by atoms with Gasteiger partial charge in [-0.05, 0) is 23.3 Å². The van der Waals surface area contributed by atoms with Crippen molar-refractivity contribution in [2.45, 2.75) is 12.5 Å². The molecular formula is C16H16Cl2O. The van der Waals surface area contributed by atoms with Gasteiger partial charge in [-0.3, -0.25) is 0 Å². The van der Waals surface area contributed by atoms with Gasteiger partial charge in [0.05, 0.1) is 12.7 Å². The van der Waals surface area contributed by atoms with E-state index in [1.807, 2.05) is 42.5 Å². The Kier molecular flexibility index (Phi) is 5.71. The highest BCUT2D eigenvalue weighted by Gasteiger charge is 2.12. The highest BCUT2D eigenvalue weighted by molar-refractivity contribution is 6.30. The first-order valence-corrected chi connectivity index (χ1v) is 7.18. The summed E-state index contributed by atoms with van der Waals surface area (Å²) in [4.78, 5) is 0. The fourth-order valence-electron chi connectivity index (χ4n) is 1.96. The van der Waals surface area contributed by atoms with Crippen LogP contribution >= 0.6 is 23.2 Å². The van der Waals surface area contributed by atoms with Gasteiger partial charge < -0.3 is 4.74 Å². The number of halogens is 2. The number of hydrogen-bond acceptors (Lipinski definition) is 1. The molecular weight excluding hydrogens is 279 g/mol. The summed E-state index contributed by atoms with van der Waals surface area (Å²) in [5.41, 5.74) is 2.37. The van der Waals surface area contributed by atoms with E-state index >= 15 is 0 Å². The van der Waals surface area contributed by atoms with Gasteiger partial charge in [-0.25, -0.2) is 0 Å². The van der Waals surface area contributed by atoms with Gasteiger partial charge in [-0.2, -0.15) is 0 Å². The molecule has 2 aromatic carbocycles. The number of benzene rings is 2. The minimum atomic E-state index is 0.0288. The summed E-state index contributed by atoms with van der Waals surface area (Å²) >= 11 is 11.6. The molecule has 0 saturated carbocycles. The molecule has 1 nitrogen and oxygen atoms in total. The Morgan fingerprint density at radius 2 is 1.63 bits per heavy atom. The van der Waals surface area contributed by atoms with E-state index in [0.717, 1.165) is 11.4 Å². The van der Waals surface area contributed by atoms with E-state index in [1.54, 1.807) is 0 Å². The highest BCUT2D eigenvalue weighted by atomic mass is 35.5. The van der Waals surface area contributed by atoms with Crippen LogP contribution in [0.3, 0.4) is 0 Å². The molecule has 0 aromatic heterocycles. The van der Waals surface area contributed by atoms with Crippen LogP contribution in [0.25, 0.3) is 0 Å². The third-order valence-corrected chi connectivity index (χ3v) is 3.31. The standard InChI is InChI=1S/C16H16Cl2O/c17-10-11-19-16(14-4-2-1-3-5-14)12-13-6-8-15(18)9-7-13/h1-9,16H,10-12H2. The van der Waals surface area contributed by atoms with Crippen molar-refractivity contribution < 1.29 is 4.74 Å². The summed E-state index contributed by atoms with van der Waals surface area (Å²) in [6.45, 7) is 0.550. The van der Waals surface area contributed by atoms with Gasteiger partial charge in [0.25, 0.3) is 0 Å². The molecule has 100 valence electrons. The zero-order chi connectivity index (χ0) is 13.5. The average Bonchev–Trinajstić information content (AvgIpc) is 2.46. The van der Waals surface area contributed by atoms with E-state index in [0.29, 0.717) is 12.5 Å². The van der Waals surface area contributed by atoms with Crippen molar-refractivity contribution in [1.82, 2.24) is 0 Å². The van der Waals surface area contributed by atoms with Crippen LogP contribution in [0, 0.1) is 0 Å². The summed E-state index contributed by atoms with van der Waals surface area (Å²) in [5, 5.41) is 0.752. The smallest absolute Gasteiger partial charge is 0.0865 e. The van der Waals surface area contributed by atoms with Gasteiger partial charge >= 0.3 is 0 Å². The first-order valence-electron chi connectivity index (χ1n) is 6.26. The molecule has 0 spiro atoms. The number of rotatable bonds is 6. The minimum absolute atomic E-state index is 0.0288. The van der Waals surface area contributed by atoms with E-state index in [2.05, 4.69) is 12.1 Å². The molecule has 19 heavy (non-hydrogen) atoms. The minimum Gasteiger partial charge on any atom is -0.372 e. The normalized spacial score (nSPS) is 12.3. The quantitative estimate of drug-likeness (QED) is 0.690. The van der Waals surface area contributed by atoms with Gasteiger partial charge in [-0.1, -0.05) is 54.1 Å². The Morgan fingerprint density at radius 1 is 0.947 bits per heavy atom. The van der Waals surface area contributed by atoms with Crippen LogP contribution in [-0.4, -0.2) is 12.5 Å². The second-order valence-electron chi connectivity index (χ2n) is 4.29. The van der Waals surface area contributed by atoms with E-state index < -0.39 is 0 Å². The predicted octanol–water partition coefficient (Wildman–Crippen LogP) is 4.88. The van der Waals surface area contributed by atoms with Crippen molar-refractivity contribution in [3.8, 4) is 0 Å². The molecule has 3 heteroatoms. The van der Waals surface area contributed by atoms with Gasteiger partial charge in [0, 0.05) is 17.3 Å². The van der Waals surface area contributed by atoms with Crippen LogP contribution in [0.2, 0.25) is 5.02 Å². The maximum Gasteiger partial charge on any atom is 0.0865 e. The molecule has 0 radical (unpaired) electrons. The third kappa shape index (κ3) is 4.54. The largest absolute Gasteiger partial charge is 0.372 e. The molecule has 0 heterocycles. The van der Waals surface area contributed by atoms with Crippen LogP contribution in [0.1, 0.15) is 17.2 Å². The molecule has 1 unspecified atom stereocenters. The van der Waals surface area contributed by atoms with Crippen molar-refractivity contribution in [3.63, 3.8) is 0 Å². The lowest BCUT2D eigenvalue weighted by Gasteiger charge is -2.18. The second kappa shape index (κ2) is 7.54. The van der Waals surface area contributed by atoms with Crippen LogP contribution in [0.4, 0.5) is 0 Å². The van der Waals surface area contributed by atoms with Crippen molar-refractivity contribution in [3.05, 3.63) is 70.7 Å². The molecule has 0 bridgehead atoms. The maximum atomic E-state index is 5.90. The first-order chi connectivity index (χ1) is 9.29. The van der Waals surface area contributed by atoms with Crippen molar-refractivity contribution in [2.24, 2.45) is 0 Å². The molecule has 0 aliphatic carbocycles. The Balaban J connectivity index is 2.11. The first kappa shape index (κ1) is 14.4. The summed E-state index contributed by atoms with van der Waals surface area (Å²) in [7, 11) is 0. The average molecular weight is 295 g/mol. The van der Waals surface area contributed by atoms with Gasteiger partial charge in [-0.15, -0.1) is 11.6 Å². The molecule has 2 aromatic rings. The summed E-state index contributed by atoms with van der Waals surface area (Å²) in [6.07, 6.45) is 0.846. The predicted molar refractivity (Wildman–Crippen MR) is 81.0 cm³/mol. The van der Waals surface area contributed by atoms with Gasteiger partial charge in [0.1, 0.15) is 0 Å². The molecule has 0 aliphatic rings. The SMILES string of the molecule is ClCCOC(Cc1ccc(Cl)cc1)c1ccccc1. The second-order valence-corrected chi connectivity index (χ2v) is 5.10. The van der Waals surface area contributed by atoms with Gasteiger partial charge in [0.2, 0.25) is 0 Å². The highest BCUT2D eigenvalue weighted by Crippen LogP contribution is 2.23. The van der Waals surface area contributed by atoms with Gasteiger partial charge in [0.15, 0.2) is 0 Å². The topological polar surface area (TPSA) is 9.23 Å². The molecule has 1 atom stereocenters. The van der Waals surface area contributed by atoms with E-state index in [1.165, 1.54) is 11.1 Å². The number of alkyl halides is 1. The lowest BCUT2D eigenvalue weighted by Crippen LogP contribution is -2.09. The van der Waals surface area contributed by atoms with Crippen molar-refractivity contribution in [2.75, 3.05) is 12.5 Å². The monoisotopic (exact) mass is 294 g/mol. The maximum absolute atomic E-state index is 5.90. The Labute approximate surface area is 124 Å². The van der Waals surface area contributed by atoms with Crippen LogP contribution in [0.15, 0.2) is 54.6 Å². The molecule has 0 aliphatic heterocycles. The number of hydrogen-bond donors (Lipinski definition) is 0. The van der Waals surface area contributed by atoms with Crippen LogP contribution in [-0.2, 0) is 11.2 Å². The Bertz CT molecular complexity index is 482. The van der Waals surface area contributed by atoms with E-state index in [-0.39, 0.29) is 6.10 Å². The Morgan fingerprint density at radius 3 is 2.26 bits per heavy atom. The fraction of sp³-hybridized carbons (Fsp3) is 0.250. The zero-order valence-electron chi connectivity index (χ0n) is 10.6. The molecule has 0 fully saturated rings. The molecule has 0 amide bonds. The third-order valence-electron chi connectivity index (χ3n) is 2.90. The van der Waals surface area contributed by atoms with E-state index in [4.69, 9.17) is 27.9 Å². The summed E-state index contributed by atoms with van der Waals surface area (Å²) in [5.74, 6) is 0.504. The Hall–Kier alpha value is -1.02. The van der Waals surface area contributed by atoms with E-state index in [9.17, 15) is 0 Å². The summed E-state index contributed by atoms with van der Waals surface area (Å²) < 4.78 is 5.85. The molecule has 0 saturated heterocycles.